The number of nitrogens with two attached hydrogens (primary N) is 2. The second kappa shape index (κ2) is 36.0. The molecule has 0 aromatic carbocycles. The summed E-state index contributed by atoms with van der Waals surface area (Å²) in [5, 5.41) is 3.03. The average Bonchev–Trinajstić information content (AvgIpc) is 1.69. The molecule has 44 valence electrons. The van der Waals surface area contributed by atoms with Crippen molar-refractivity contribution in [3.63, 3.8) is 0 Å². The summed E-state index contributed by atoms with van der Waals surface area (Å²) in [5.41, 5.74) is 10.3. The molecule has 0 saturated carbocycles. The Morgan fingerprint density at radius 1 is 0.667 bits per heavy atom. The van der Waals surface area contributed by atoms with E-state index in [1.807, 2.05) is 0 Å². The van der Waals surface area contributed by atoms with E-state index in [1.54, 1.807) is 0 Å². The Balaban J connectivity index is -0.0000000180. The molecule has 0 spiro atoms. The van der Waals surface area contributed by atoms with Crippen LogP contribution in [0.3, 0.4) is 0 Å². The molecule has 0 fully saturated rings. The van der Waals surface area contributed by atoms with Crippen molar-refractivity contribution in [1.29, 1.82) is 0 Å². The molecule has 0 aliphatic rings. The van der Waals surface area contributed by atoms with E-state index < -0.39 is 0 Å². The predicted octanol–water partition coefficient (Wildman–Crippen LogP) is -16.5. The summed E-state index contributed by atoms with van der Waals surface area (Å²) < 4.78 is 0. The van der Waals surface area contributed by atoms with Gasteiger partial charge in [0.15, 0.2) is 0 Å². The Morgan fingerprint density at radius 2 is 0.917 bits per heavy atom. The van der Waals surface area contributed by atoms with Gasteiger partial charge in [0.25, 0.3) is 0 Å². The normalized spacial score (nSPS) is 5.50. The molecule has 0 unspecified atom stereocenters. The molecule has 5 N–H and O–H groups in total. The summed E-state index contributed by atoms with van der Waals surface area (Å²) in [7, 11) is 0. The van der Waals surface area contributed by atoms with Crippen molar-refractivity contribution >= 4 is 0 Å². The minimum Gasteiger partial charge on any atom is -0.329 e. The molecular weight excluding hydrogens is 205 g/mol. The molecule has 0 aromatic rings. The van der Waals surface area contributed by atoms with E-state index in [1.165, 1.54) is 0 Å². The topological polar surface area (TPSA) is 64.1 Å². The Kier molecular flexibility index (Phi) is 108. The fourth-order valence-electron chi connectivity index (χ4n) is 0.329. The minimum atomic E-state index is 0. The van der Waals surface area contributed by atoms with E-state index in [9.17, 15) is 0 Å². The maximum Gasteiger partial charge on any atom is 1.00 e. The second-order valence-corrected chi connectivity index (χ2v) is 1.33. The van der Waals surface area contributed by atoms with Crippen LogP contribution in [0.15, 0.2) is 0 Å². The molecule has 0 atom stereocenters. The van der Waals surface area contributed by atoms with Gasteiger partial charge in [-0.3, -0.25) is 0 Å². The van der Waals surface area contributed by atoms with E-state index >= 15 is 0 Å². The molecule has 0 aliphatic carbocycles. The smallest absolute Gasteiger partial charge is 0.329 e. The molecule has 8 heteroatoms. The Hall–Kier alpha value is 4.88. The first-order valence-corrected chi connectivity index (χ1v) is 2.52. The molecule has 0 rings (SSSR count). The molecule has 0 aliphatic heterocycles. The van der Waals surface area contributed by atoms with Gasteiger partial charge >= 0.3 is 148 Å². The quantitative estimate of drug-likeness (QED) is 0.324. The molecule has 0 amide bonds. The van der Waals surface area contributed by atoms with E-state index in [0.717, 1.165) is 13.1 Å². The molecule has 0 radical (unpaired) electrons. The van der Waals surface area contributed by atoms with Gasteiger partial charge in [0, 0.05) is 26.2 Å². The van der Waals surface area contributed by atoms with Crippen LogP contribution in [-0.2, 0) is 0 Å². The SMILES string of the molecule is NCCNCCN.[Na+].[Na+].[Na+].[Na+].[Na+]. The van der Waals surface area contributed by atoms with Gasteiger partial charge in [-0.25, -0.2) is 0 Å². The third kappa shape index (κ3) is 36.4. The molecule has 12 heavy (non-hydrogen) atoms. The zero-order valence-corrected chi connectivity index (χ0v) is 19.5. The summed E-state index contributed by atoms with van der Waals surface area (Å²) >= 11 is 0. The zero-order valence-electron chi connectivity index (χ0n) is 9.48. The fraction of sp³-hybridized carbons (Fsp3) is 1.00. The summed E-state index contributed by atoms with van der Waals surface area (Å²) in [6.45, 7) is 3.13. The van der Waals surface area contributed by atoms with E-state index in [2.05, 4.69) is 5.32 Å². The third-order valence-electron chi connectivity index (χ3n) is 0.642. The molecular formula is C4H13N3Na5+5. The van der Waals surface area contributed by atoms with Crippen LogP contribution < -0.4 is 165 Å². The largest absolute Gasteiger partial charge is 1.00 e. The van der Waals surface area contributed by atoms with E-state index in [4.69, 9.17) is 11.5 Å². The van der Waals surface area contributed by atoms with Gasteiger partial charge in [-0.1, -0.05) is 0 Å². The van der Waals surface area contributed by atoms with Crippen molar-refractivity contribution in [1.82, 2.24) is 5.32 Å². The van der Waals surface area contributed by atoms with Crippen LogP contribution in [0, 0.1) is 0 Å². The van der Waals surface area contributed by atoms with Crippen LogP contribution in [0.25, 0.3) is 0 Å². The first-order chi connectivity index (χ1) is 3.41. The first kappa shape index (κ1) is 36.0. The van der Waals surface area contributed by atoms with Crippen molar-refractivity contribution in [2.24, 2.45) is 11.5 Å². The number of rotatable bonds is 4. The molecule has 0 heterocycles. The van der Waals surface area contributed by atoms with Gasteiger partial charge in [-0.05, 0) is 0 Å². The molecule has 3 nitrogen and oxygen atoms in total. The van der Waals surface area contributed by atoms with E-state index in [0.29, 0.717) is 13.1 Å². The van der Waals surface area contributed by atoms with Crippen LogP contribution in [0.5, 0.6) is 0 Å². The summed E-state index contributed by atoms with van der Waals surface area (Å²) in [6.07, 6.45) is 0. The second-order valence-electron chi connectivity index (χ2n) is 1.33. The van der Waals surface area contributed by atoms with Crippen molar-refractivity contribution in [2.45, 2.75) is 0 Å². The molecule has 0 saturated heterocycles. The van der Waals surface area contributed by atoms with Crippen LogP contribution >= 0.6 is 0 Å². The van der Waals surface area contributed by atoms with Crippen LogP contribution in [-0.4, -0.2) is 26.2 Å². The van der Waals surface area contributed by atoms with Crippen molar-refractivity contribution < 1.29 is 148 Å². The van der Waals surface area contributed by atoms with Crippen molar-refractivity contribution in [2.75, 3.05) is 26.2 Å². The summed E-state index contributed by atoms with van der Waals surface area (Å²) in [6, 6.07) is 0. The number of nitrogens with one attached hydrogen (secondary N) is 1. The Morgan fingerprint density at radius 3 is 1.08 bits per heavy atom. The fourth-order valence-corrected chi connectivity index (χ4v) is 0.329. The van der Waals surface area contributed by atoms with E-state index in [-0.39, 0.29) is 148 Å². The average molecular weight is 218 g/mol. The zero-order chi connectivity index (χ0) is 5.54. The minimum absolute atomic E-state index is 0. The van der Waals surface area contributed by atoms with Gasteiger partial charge in [0.05, 0.1) is 0 Å². The van der Waals surface area contributed by atoms with Gasteiger partial charge < -0.3 is 16.8 Å². The van der Waals surface area contributed by atoms with Crippen molar-refractivity contribution in [3.8, 4) is 0 Å². The maximum absolute atomic E-state index is 5.17. The Labute approximate surface area is 186 Å². The monoisotopic (exact) mass is 218 g/mol. The molecule has 0 bridgehead atoms. The number of hydrogen-bond acceptors (Lipinski definition) is 3. The first-order valence-electron chi connectivity index (χ1n) is 2.52. The van der Waals surface area contributed by atoms with Crippen molar-refractivity contribution in [3.05, 3.63) is 0 Å². The van der Waals surface area contributed by atoms with Crippen LogP contribution in [0.2, 0.25) is 0 Å². The van der Waals surface area contributed by atoms with Crippen LogP contribution in [0.4, 0.5) is 0 Å². The van der Waals surface area contributed by atoms with Gasteiger partial charge in [0.2, 0.25) is 0 Å². The van der Waals surface area contributed by atoms with Crippen LogP contribution in [0.1, 0.15) is 0 Å². The summed E-state index contributed by atoms with van der Waals surface area (Å²) in [5.74, 6) is 0. The van der Waals surface area contributed by atoms with Gasteiger partial charge in [0.1, 0.15) is 0 Å². The predicted molar refractivity (Wildman–Crippen MR) is 31.0 cm³/mol. The summed E-state index contributed by atoms with van der Waals surface area (Å²) in [4.78, 5) is 0. The maximum atomic E-state index is 5.17. The van der Waals surface area contributed by atoms with Gasteiger partial charge in [-0.2, -0.15) is 0 Å². The number of hydrogen-bond donors (Lipinski definition) is 3. The molecule has 0 aromatic heterocycles. The standard InChI is InChI=1S/C4H13N3.5Na/c5-1-3-7-4-2-6;;;;;/h7H,1-6H2;;;;;/q;5*+1. The third-order valence-corrected chi connectivity index (χ3v) is 0.642. The Bertz CT molecular complexity index is 37.9. The van der Waals surface area contributed by atoms with Gasteiger partial charge in [-0.15, -0.1) is 0 Å².